The molecule has 0 spiro atoms. The topological polar surface area (TPSA) is 88.9 Å². The van der Waals surface area contributed by atoms with E-state index in [0.29, 0.717) is 23.8 Å². The molecule has 0 fully saturated rings. The van der Waals surface area contributed by atoms with Gasteiger partial charge in [0.2, 0.25) is 0 Å². The molecule has 3 rings (SSSR count). The van der Waals surface area contributed by atoms with Gasteiger partial charge in [-0.3, -0.25) is 16.3 Å². The van der Waals surface area contributed by atoms with Crippen molar-refractivity contribution in [3.63, 3.8) is 0 Å². The molecule has 0 amide bonds. The Balaban J connectivity index is 1.84. The molecule has 0 bridgehead atoms. The van der Waals surface area contributed by atoms with Crippen molar-refractivity contribution in [2.45, 2.75) is 26.3 Å². The summed E-state index contributed by atoms with van der Waals surface area (Å²) in [5, 5.41) is 9.59. The molecular weight excluding hydrogens is 338 g/mol. The Morgan fingerprint density at radius 3 is 2.85 bits per heavy atom. The molecule has 0 aliphatic carbocycles. The highest BCUT2D eigenvalue weighted by Crippen LogP contribution is 2.31. The highest BCUT2D eigenvalue weighted by atomic mass is 16.5. The maximum atomic E-state index is 9.59. The summed E-state index contributed by atoms with van der Waals surface area (Å²) < 4.78 is 7.96. The molecule has 0 aliphatic heterocycles. The Bertz CT molecular complexity index is 972. The minimum absolute atomic E-state index is 0.223. The van der Waals surface area contributed by atoms with Crippen LogP contribution in [0.4, 0.5) is 0 Å². The second-order valence-corrected chi connectivity index (χ2v) is 7.06. The zero-order chi connectivity index (χ0) is 19.4. The Morgan fingerprint density at radius 2 is 2.11 bits per heavy atom. The Morgan fingerprint density at radius 1 is 1.30 bits per heavy atom. The van der Waals surface area contributed by atoms with Crippen molar-refractivity contribution in [1.29, 1.82) is 5.26 Å². The minimum Gasteiger partial charge on any atom is -0.492 e. The van der Waals surface area contributed by atoms with Crippen molar-refractivity contribution in [2.75, 3.05) is 6.61 Å². The zero-order valence-electron chi connectivity index (χ0n) is 15.9. The second kappa shape index (κ2) is 8.21. The molecule has 3 aromatic rings. The molecule has 3 N–H and O–H groups in total. The standard InChI is InChI=1S/C21H25N5O/c1-14(10-15(2)25-23)13-27-20-5-4-16(11-17(20)12-22)18-6-8-24-19-7-9-26(3)21(18)19/h4-9,11,14-15,25H,10,13,23H2,1-3H3. The summed E-state index contributed by atoms with van der Waals surface area (Å²) in [6.45, 7) is 4.68. The van der Waals surface area contributed by atoms with E-state index in [2.05, 4.69) is 23.4 Å². The van der Waals surface area contributed by atoms with E-state index in [1.54, 1.807) is 6.20 Å². The first-order valence-corrected chi connectivity index (χ1v) is 9.07. The zero-order valence-corrected chi connectivity index (χ0v) is 15.9. The van der Waals surface area contributed by atoms with Gasteiger partial charge >= 0.3 is 0 Å². The van der Waals surface area contributed by atoms with Gasteiger partial charge in [0.1, 0.15) is 11.8 Å². The second-order valence-electron chi connectivity index (χ2n) is 7.06. The van der Waals surface area contributed by atoms with E-state index < -0.39 is 0 Å². The predicted octanol–water partition coefficient (Wildman–Crippen LogP) is 3.37. The first kappa shape index (κ1) is 18.9. The number of rotatable bonds is 7. The lowest BCUT2D eigenvalue weighted by Gasteiger charge is -2.18. The molecule has 2 aromatic heterocycles. The van der Waals surface area contributed by atoms with Crippen LogP contribution in [0.1, 0.15) is 25.8 Å². The smallest absolute Gasteiger partial charge is 0.137 e. The number of ether oxygens (including phenoxy) is 1. The van der Waals surface area contributed by atoms with Crippen LogP contribution in [-0.2, 0) is 7.05 Å². The summed E-state index contributed by atoms with van der Waals surface area (Å²) in [4.78, 5) is 4.40. The molecular formula is C21H25N5O. The molecule has 2 heterocycles. The quantitative estimate of drug-likeness (QED) is 0.496. The third-order valence-electron chi connectivity index (χ3n) is 4.74. The number of hydrogen-bond donors (Lipinski definition) is 2. The van der Waals surface area contributed by atoms with E-state index in [1.807, 2.05) is 55.1 Å². The number of aryl methyl sites for hydroxylation is 1. The molecule has 0 saturated carbocycles. The summed E-state index contributed by atoms with van der Waals surface area (Å²) in [5.41, 5.74) is 7.28. The van der Waals surface area contributed by atoms with Gasteiger partial charge in [-0.05, 0) is 49.1 Å². The third kappa shape index (κ3) is 4.11. The van der Waals surface area contributed by atoms with Crippen molar-refractivity contribution in [3.05, 3.63) is 48.3 Å². The van der Waals surface area contributed by atoms with Crippen LogP contribution in [0.25, 0.3) is 22.2 Å². The van der Waals surface area contributed by atoms with E-state index in [-0.39, 0.29) is 6.04 Å². The molecule has 2 atom stereocenters. The summed E-state index contributed by atoms with van der Waals surface area (Å²) >= 11 is 0. The molecule has 6 heteroatoms. The lowest BCUT2D eigenvalue weighted by molar-refractivity contribution is 0.240. The summed E-state index contributed by atoms with van der Waals surface area (Å²) in [6, 6.07) is 12.2. The molecule has 1 aromatic carbocycles. The Kier molecular flexibility index (Phi) is 5.75. The SMILES string of the molecule is CC(COc1ccc(-c2ccnc3ccn(C)c23)cc1C#N)CC(C)NN. The third-order valence-corrected chi connectivity index (χ3v) is 4.74. The van der Waals surface area contributed by atoms with Crippen LogP contribution in [0.2, 0.25) is 0 Å². The van der Waals surface area contributed by atoms with Gasteiger partial charge in [-0.2, -0.15) is 5.26 Å². The van der Waals surface area contributed by atoms with E-state index in [9.17, 15) is 5.26 Å². The number of nitrogens with two attached hydrogens (primary N) is 1. The first-order chi connectivity index (χ1) is 13.0. The van der Waals surface area contributed by atoms with Crippen LogP contribution in [0.3, 0.4) is 0 Å². The van der Waals surface area contributed by atoms with Crippen LogP contribution in [-0.4, -0.2) is 22.2 Å². The van der Waals surface area contributed by atoms with Crippen molar-refractivity contribution in [3.8, 4) is 22.9 Å². The molecule has 6 nitrogen and oxygen atoms in total. The minimum atomic E-state index is 0.223. The summed E-state index contributed by atoms with van der Waals surface area (Å²) in [7, 11) is 1.99. The number of hydrazine groups is 1. The Labute approximate surface area is 159 Å². The highest BCUT2D eigenvalue weighted by molar-refractivity contribution is 5.92. The van der Waals surface area contributed by atoms with Crippen molar-refractivity contribution < 1.29 is 4.74 Å². The lowest BCUT2D eigenvalue weighted by Crippen LogP contribution is -2.34. The molecule has 0 saturated heterocycles. The van der Waals surface area contributed by atoms with Crippen LogP contribution in [0.5, 0.6) is 5.75 Å². The lowest BCUT2D eigenvalue weighted by atomic mass is 10.0. The predicted molar refractivity (Wildman–Crippen MR) is 107 cm³/mol. The number of pyridine rings is 1. The van der Waals surface area contributed by atoms with Crippen LogP contribution in [0.15, 0.2) is 42.7 Å². The maximum absolute atomic E-state index is 9.59. The van der Waals surface area contributed by atoms with E-state index in [4.69, 9.17) is 10.6 Å². The molecule has 0 radical (unpaired) electrons. The van der Waals surface area contributed by atoms with Gasteiger partial charge in [0.05, 0.1) is 23.2 Å². The normalized spacial score (nSPS) is 13.3. The fourth-order valence-corrected chi connectivity index (χ4v) is 3.34. The van der Waals surface area contributed by atoms with Gasteiger partial charge in [0.25, 0.3) is 0 Å². The number of fused-ring (bicyclic) bond motifs is 1. The van der Waals surface area contributed by atoms with Gasteiger partial charge in [-0.25, -0.2) is 0 Å². The van der Waals surface area contributed by atoms with Crippen LogP contribution in [0, 0.1) is 17.2 Å². The van der Waals surface area contributed by atoms with Crippen LogP contribution >= 0.6 is 0 Å². The summed E-state index contributed by atoms with van der Waals surface area (Å²) in [5.74, 6) is 6.38. The average molecular weight is 363 g/mol. The van der Waals surface area contributed by atoms with Gasteiger partial charge in [-0.1, -0.05) is 13.0 Å². The maximum Gasteiger partial charge on any atom is 0.137 e. The fraction of sp³-hybridized carbons (Fsp3) is 0.333. The Hall–Kier alpha value is -2.88. The van der Waals surface area contributed by atoms with E-state index >= 15 is 0 Å². The van der Waals surface area contributed by atoms with Crippen molar-refractivity contribution in [2.24, 2.45) is 18.8 Å². The number of hydrogen-bond acceptors (Lipinski definition) is 5. The number of benzene rings is 1. The van der Waals surface area contributed by atoms with Gasteiger partial charge in [-0.15, -0.1) is 0 Å². The summed E-state index contributed by atoms with van der Waals surface area (Å²) in [6.07, 6.45) is 4.68. The van der Waals surface area contributed by atoms with Crippen LogP contribution < -0.4 is 16.0 Å². The van der Waals surface area contributed by atoms with E-state index in [1.165, 1.54) is 0 Å². The number of nitriles is 1. The first-order valence-electron chi connectivity index (χ1n) is 9.07. The molecule has 2 unspecified atom stereocenters. The number of nitrogens with zero attached hydrogens (tertiary/aromatic N) is 3. The molecule has 0 aliphatic rings. The van der Waals surface area contributed by atoms with Gasteiger partial charge in [0.15, 0.2) is 0 Å². The monoisotopic (exact) mass is 363 g/mol. The fourth-order valence-electron chi connectivity index (χ4n) is 3.34. The van der Waals surface area contributed by atoms with E-state index in [0.717, 1.165) is 28.6 Å². The number of nitrogens with one attached hydrogen (secondary N) is 1. The van der Waals surface area contributed by atoms with Gasteiger partial charge in [0, 0.05) is 31.0 Å². The average Bonchev–Trinajstić information content (AvgIpc) is 3.07. The number of aromatic nitrogens is 2. The largest absolute Gasteiger partial charge is 0.492 e. The highest BCUT2D eigenvalue weighted by Gasteiger charge is 2.13. The molecule has 140 valence electrons. The van der Waals surface area contributed by atoms with Gasteiger partial charge < -0.3 is 9.30 Å². The molecule has 27 heavy (non-hydrogen) atoms. The van der Waals surface area contributed by atoms with Crippen molar-refractivity contribution in [1.82, 2.24) is 15.0 Å². The van der Waals surface area contributed by atoms with Crippen molar-refractivity contribution >= 4 is 11.0 Å².